The molecule has 0 aliphatic rings. The Balaban J connectivity index is 2.91. The predicted octanol–water partition coefficient (Wildman–Crippen LogP) is -0.0207. The highest BCUT2D eigenvalue weighted by Crippen LogP contribution is 2.02. The van der Waals surface area contributed by atoms with E-state index >= 15 is 0 Å². The third-order valence-corrected chi connectivity index (χ3v) is 1.18. The van der Waals surface area contributed by atoms with Gasteiger partial charge in [-0.3, -0.25) is 0 Å². The fourth-order valence-electron chi connectivity index (χ4n) is 0.624. The quantitative estimate of drug-likeness (QED) is 0.647. The molecule has 1 heterocycles. The van der Waals surface area contributed by atoms with E-state index in [9.17, 15) is 0 Å². The Morgan fingerprint density at radius 3 is 2.64 bits per heavy atom. The van der Waals surface area contributed by atoms with Crippen molar-refractivity contribution in [3.05, 3.63) is 6.33 Å². The molecule has 0 saturated carbocycles. The van der Waals surface area contributed by atoms with E-state index in [1.807, 2.05) is 19.0 Å². The van der Waals surface area contributed by atoms with Gasteiger partial charge in [0.25, 0.3) is 0 Å². The summed E-state index contributed by atoms with van der Waals surface area (Å²) in [6.07, 6.45) is 1.48. The molecule has 0 amide bonds. The lowest BCUT2D eigenvalue weighted by Crippen LogP contribution is -2.13. The van der Waals surface area contributed by atoms with Gasteiger partial charge in [0, 0.05) is 21.1 Å². The Labute approximate surface area is 65.5 Å². The van der Waals surface area contributed by atoms with E-state index in [0.29, 0.717) is 11.9 Å². The van der Waals surface area contributed by atoms with Crippen molar-refractivity contribution < 1.29 is 0 Å². The molecule has 0 aliphatic heterocycles. The van der Waals surface area contributed by atoms with Gasteiger partial charge >= 0.3 is 0 Å². The van der Waals surface area contributed by atoms with Crippen LogP contribution in [0.15, 0.2) is 6.33 Å². The highest BCUT2D eigenvalue weighted by Gasteiger charge is 1.98. The smallest absolute Gasteiger partial charge is 0.229 e. The van der Waals surface area contributed by atoms with Crippen molar-refractivity contribution in [2.45, 2.75) is 0 Å². The van der Waals surface area contributed by atoms with Crippen LogP contribution in [0, 0.1) is 0 Å². The second-order valence-corrected chi connectivity index (χ2v) is 2.25. The molecule has 1 rings (SSSR count). The Bertz CT molecular complexity index is 234. The minimum atomic E-state index is 0.587. The first-order valence-electron chi connectivity index (χ1n) is 3.28. The normalized spacial score (nSPS) is 9.36. The number of hydrogen-bond acceptors (Lipinski definition) is 5. The van der Waals surface area contributed by atoms with E-state index in [1.54, 1.807) is 7.05 Å². The summed E-state index contributed by atoms with van der Waals surface area (Å²) in [5, 5.41) is 2.83. The summed E-state index contributed by atoms with van der Waals surface area (Å²) >= 11 is 0. The zero-order valence-corrected chi connectivity index (χ0v) is 6.87. The average molecular weight is 153 g/mol. The summed E-state index contributed by atoms with van der Waals surface area (Å²) in [6.45, 7) is 0. The minimum Gasteiger partial charge on any atom is -0.357 e. The van der Waals surface area contributed by atoms with Crippen LogP contribution in [0.3, 0.4) is 0 Å². The maximum atomic E-state index is 4.08. The van der Waals surface area contributed by atoms with E-state index in [-0.39, 0.29) is 0 Å². The maximum Gasteiger partial charge on any atom is 0.229 e. The molecule has 0 unspecified atom stereocenters. The van der Waals surface area contributed by atoms with Crippen LogP contribution in [0.25, 0.3) is 0 Å². The molecule has 11 heavy (non-hydrogen) atoms. The third kappa shape index (κ3) is 1.76. The molecule has 0 radical (unpaired) electrons. The number of nitrogens with zero attached hydrogens (tertiary/aromatic N) is 4. The summed E-state index contributed by atoms with van der Waals surface area (Å²) in [6, 6.07) is 0. The molecule has 0 aliphatic carbocycles. The van der Waals surface area contributed by atoms with Gasteiger partial charge in [-0.05, 0) is 0 Å². The van der Waals surface area contributed by atoms with Crippen LogP contribution in [0.2, 0.25) is 0 Å². The van der Waals surface area contributed by atoms with Gasteiger partial charge in [-0.15, -0.1) is 0 Å². The van der Waals surface area contributed by atoms with E-state index < -0.39 is 0 Å². The Kier molecular flexibility index (Phi) is 2.20. The maximum absolute atomic E-state index is 4.08. The number of rotatable bonds is 2. The van der Waals surface area contributed by atoms with Crippen LogP contribution >= 0.6 is 0 Å². The number of anilines is 2. The molecule has 0 bridgehead atoms. The van der Waals surface area contributed by atoms with E-state index in [2.05, 4.69) is 20.3 Å². The Morgan fingerprint density at radius 1 is 1.36 bits per heavy atom. The lowest BCUT2D eigenvalue weighted by Gasteiger charge is -2.09. The molecule has 0 fully saturated rings. The SMILES string of the molecule is CNc1ncnc(N(C)C)n1. The van der Waals surface area contributed by atoms with Crippen molar-refractivity contribution in [1.29, 1.82) is 0 Å². The molecule has 0 saturated heterocycles. The second kappa shape index (κ2) is 3.14. The zero-order valence-electron chi connectivity index (χ0n) is 6.87. The zero-order chi connectivity index (χ0) is 8.27. The van der Waals surface area contributed by atoms with Gasteiger partial charge in [-0.2, -0.15) is 4.98 Å². The lowest BCUT2D eigenvalue weighted by atomic mass is 10.8. The molecule has 1 N–H and O–H groups in total. The van der Waals surface area contributed by atoms with Crippen molar-refractivity contribution in [3.8, 4) is 0 Å². The topological polar surface area (TPSA) is 53.9 Å². The van der Waals surface area contributed by atoms with Crippen LogP contribution in [0.4, 0.5) is 11.9 Å². The first kappa shape index (κ1) is 7.71. The monoisotopic (exact) mass is 153 g/mol. The molecule has 5 heteroatoms. The average Bonchev–Trinajstić information content (AvgIpc) is 2.05. The lowest BCUT2D eigenvalue weighted by molar-refractivity contribution is 0.957. The van der Waals surface area contributed by atoms with Crippen LogP contribution in [-0.2, 0) is 0 Å². The van der Waals surface area contributed by atoms with Crippen LogP contribution in [0.1, 0.15) is 0 Å². The molecule has 0 atom stereocenters. The fraction of sp³-hybridized carbons (Fsp3) is 0.500. The van der Waals surface area contributed by atoms with Gasteiger partial charge < -0.3 is 10.2 Å². The molecule has 5 nitrogen and oxygen atoms in total. The van der Waals surface area contributed by atoms with Gasteiger partial charge in [0.1, 0.15) is 6.33 Å². The number of aromatic nitrogens is 3. The molecule has 1 aromatic heterocycles. The summed E-state index contributed by atoms with van der Waals surface area (Å²) in [7, 11) is 5.54. The molecule has 60 valence electrons. The Morgan fingerprint density at radius 2 is 2.09 bits per heavy atom. The number of hydrogen-bond donors (Lipinski definition) is 1. The van der Waals surface area contributed by atoms with Crippen molar-refractivity contribution in [1.82, 2.24) is 15.0 Å². The molecule has 1 aromatic rings. The third-order valence-electron chi connectivity index (χ3n) is 1.18. The van der Waals surface area contributed by atoms with Crippen molar-refractivity contribution in [2.24, 2.45) is 0 Å². The summed E-state index contributed by atoms with van der Waals surface area (Å²) in [4.78, 5) is 13.7. The molecule has 0 spiro atoms. The minimum absolute atomic E-state index is 0.587. The summed E-state index contributed by atoms with van der Waals surface area (Å²) in [5.74, 6) is 1.24. The van der Waals surface area contributed by atoms with Crippen LogP contribution in [-0.4, -0.2) is 36.1 Å². The second-order valence-electron chi connectivity index (χ2n) is 2.25. The van der Waals surface area contributed by atoms with Gasteiger partial charge in [0.15, 0.2) is 0 Å². The van der Waals surface area contributed by atoms with Crippen molar-refractivity contribution >= 4 is 11.9 Å². The van der Waals surface area contributed by atoms with Crippen LogP contribution < -0.4 is 10.2 Å². The first-order chi connectivity index (χ1) is 5.24. The highest BCUT2D eigenvalue weighted by molar-refractivity contribution is 5.32. The van der Waals surface area contributed by atoms with E-state index in [1.165, 1.54) is 6.33 Å². The van der Waals surface area contributed by atoms with E-state index in [0.717, 1.165) is 0 Å². The van der Waals surface area contributed by atoms with Gasteiger partial charge in [-0.1, -0.05) is 0 Å². The van der Waals surface area contributed by atoms with E-state index in [4.69, 9.17) is 0 Å². The van der Waals surface area contributed by atoms with Gasteiger partial charge in [0.2, 0.25) is 11.9 Å². The van der Waals surface area contributed by atoms with Gasteiger partial charge in [-0.25, -0.2) is 9.97 Å². The van der Waals surface area contributed by atoms with Crippen molar-refractivity contribution in [3.63, 3.8) is 0 Å². The van der Waals surface area contributed by atoms with Gasteiger partial charge in [0.05, 0.1) is 0 Å². The molecule has 0 aromatic carbocycles. The fourth-order valence-corrected chi connectivity index (χ4v) is 0.624. The summed E-state index contributed by atoms with van der Waals surface area (Å²) in [5.41, 5.74) is 0. The molecular weight excluding hydrogens is 142 g/mol. The molecular formula is C6H11N5. The standard InChI is InChI=1S/C6H11N5/c1-7-5-8-4-9-6(10-5)11(2)3/h4H,1-3H3,(H,7,8,9,10). The number of nitrogens with one attached hydrogen (secondary N) is 1. The largest absolute Gasteiger partial charge is 0.357 e. The first-order valence-corrected chi connectivity index (χ1v) is 3.28. The van der Waals surface area contributed by atoms with Crippen LogP contribution in [0.5, 0.6) is 0 Å². The predicted molar refractivity (Wildman–Crippen MR) is 43.7 cm³/mol. The summed E-state index contributed by atoms with van der Waals surface area (Å²) < 4.78 is 0. The Hall–Kier alpha value is -1.39. The highest BCUT2D eigenvalue weighted by atomic mass is 15.3. The van der Waals surface area contributed by atoms with Crippen molar-refractivity contribution in [2.75, 3.05) is 31.4 Å².